The smallest absolute Gasteiger partial charge is 0.338 e. The maximum atomic E-state index is 13.1. The number of esters is 1. The molecule has 1 saturated carbocycles. The maximum absolute atomic E-state index is 13.1. The van der Waals surface area contributed by atoms with Crippen LogP contribution in [0.5, 0.6) is 0 Å². The number of carbonyl (C=O) groups excluding carboxylic acids is 1. The Kier molecular flexibility index (Phi) is 3.08. The fraction of sp³-hybridized carbons (Fsp3) is 0.417. The average Bonchev–Trinajstić information content (AvgIpc) is 2.19. The number of nitrogens with two attached hydrogens (primary N) is 1. The van der Waals surface area contributed by atoms with Crippen molar-refractivity contribution in [1.29, 1.82) is 0 Å². The van der Waals surface area contributed by atoms with Crippen molar-refractivity contribution in [2.45, 2.75) is 19.3 Å². The second kappa shape index (κ2) is 4.51. The van der Waals surface area contributed by atoms with Gasteiger partial charge in [0.1, 0.15) is 5.82 Å². The molecule has 1 aromatic carbocycles. The third-order valence-electron chi connectivity index (χ3n) is 2.91. The number of hydrogen-bond acceptors (Lipinski definition) is 3. The standard InChI is InChI=1S/C12H14FNO2/c13-10-6-9(4-5-11(10)14)12(15)16-7-8-2-1-3-8/h4-6,8H,1-3,7,14H2. The normalized spacial score (nSPS) is 15.6. The van der Waals surface area contributed by atoms with E-state index in [1.807, 2.05) is 0 Å². The molecule has 0 atom stereocenters. The van der Waals surface area contributed by atoms with Crippen LogP contribution in [-0.2, 0) is 4.74 Å². The second-order valence-electron chi connectivity index (χ2n) is 4.13. The molecular formula is C12H14FNO2. The van der Waals surface area contributed by atoms with Crippen molar-refractivity contribution in [3.8, 4) is 0 Å². The summed E-state index contributed by atoms with van der Waals surface area (Å²) in [6.45, 7) is 0.435. The number of rotatable bonds is 3. The zero-order chi connectivity index (χ0) is 11.5. The van der Waals surface area contributed by atoms with E-state index in [0.717, 1.165) is 18.9 Å². The molecule has 1 fully saturated rings. The van der Waals surface area contributed by atoms with Crippen LogP contribution in [0.4, 0.5) is 10.1 Å². The minimum Gasteiger partial charge on any atom is -0.462 e. The Bertz CT molecular complexity index is 402. The van der Waals surface area contributed by atoms with E-state index < -0.39 is 11.8 Å². The molecule has 16 heavy (non-hydrogen) atoms. The summed E-state index contributed by atoms with van der Waals surface area (Å²) in [6, 6.07) is 3.95. The van der Waals surface area contributed by atoms with Gasteiger partial charge in [-0.25, -0.2) is 9.18 Å². The Morgan fingerprint density at radius 1 is 1.50 bits per heavy atom. The van der Waals surface area contributed by atoms with Crippen LogP contribution in [0, 0.1) is 11.7 Å². The summed E-state index contributed by atoms with van der Waals surface area (Å²) in [5.41, 5.74) is 5.57. The number of benzene rings is 1. The van der Waals surface area contributed by atoms with Gasteiger partial charge in [0.05, 0.1) is 17.9 Å². The molecule has 0 spiro atoms. The lowest BCUT2D eigenvalue weighted by Crippen LogP contribution is -2.20. The first-order chi connectivity index (χ1) is 7.66. The highest BCUT2D eigenvalue weighted by Crippen LogP contribution is 2.26. The first-order valence-electron chi connectivity index (χ1n) is 5.39. The molecule has 2 rings (SSSR count). The van der Waals surface area contributed by atoms with Crippen molar-refractivity contribution in [3.05, 3.63) is 29.6 Å². The van der Waals surface area contributed by atoms with Crippen LogP contribution < -0.4 is 5.73 Å². The third kappa shape index (κ3) is 2.32. The van der Waals surface area contributed by atoms with E-state index in [4.69, 9.17) is 10.5 Å². The Hall–Kier alpha value is -1.58. The summed E-state index contributed by atoms with van der Waals surface area (Å²) in [6.07, 6.45) is 3.44. The summed E-state index contributed by atoms with van der Waals surface area (Å²) in [4.78, 5) is 11.5. The first kappa shape index (κ1) is 10.9. The van der Waals surface area contributed by atoms with Crippen molar-refractivity contribution in [2.75, 3.05) is 12.3 Å². The van der Waals surface area contributed by atoms with Gasteiger partial charge in [0, 0.05) is 0 Å². The Morgan fingerprint density at radius 2 is 2.25 bits per heavy atom. The lowest BCUT2D eigenvalue weighted by Gasteiger charge is -2.24. The van der Waals surface area contributed by atoms with Crippen molar-refractivity contribution < 1.29 is 13.9 Å². The molecule has 86 valence electrons. The van der Waals surface area contributed by atoms with Gasteiger partial charge in [0.25, 0.3) is 0 Å². The summed E-state index contributed by atoms with van der Waals surface area (Å²) in [7, 11) is 0. The summed E-state index contributed by atoms with van der Waals surface area (Å²) < 4.78 is 18.2. The predicted octanol–water partition coefficient (Wildman–Crippen LogP) is 2.36. The maximum Gasteiger partial charge on any atom is 0.338 e. The fourth-order valence-corrected chi connectivity index (χ4v) is 1.59. The largest absolute Gasteiger partial charge is 0.462 e. The monoisotopic (exact) mass is 223 g/mol. The fourth-order valence-electron chi connectivity index (χ4n) is 1.59. The SMILES string of the molecule is Nc1ccc(C(=O)OCC2CCC2)cc1F. The van der Waals surface area contributed by atoms with Crippen LogP contribution in [0.1, 0.15) is 29.6 Å². The summed E-state index contributed by atoms with van der Waals surface area (Å²) in [5, 5.41) is 0. The van der Waals surface area contributed by atoms with Gasteiger partial charge in [-0.2, -0.15) is 0 Å². The molecule has 0 unspecified atom stereocenters. The molecule has 0 aliphatic heterocycles. The van der Waals surface area contributed by atoms with Gasteiger partial charge in [0.15, 0.2) is 0 Å². The molecule has 1 aliphatic rings. The molecule has 1 aromatic rings. The lowest BCUT2D eigenvalue weighted by molar-refractivity contribution is 0.0371. The molecule has 1 aliphatic carbocycles. The van der Waals surface area contributed by atoms with Crippen LogP contribution in [-0.4, -0.2) is 12.6 Å². The zero-order valence-electron chi connectivity index (χ0n) is 8.91. The average molecular weight is 223 g/mol. The zero-order valence-corrected chi connectivity index (χ0v) is 8.91. The van der Waals surface area contributed by atoms with Crippen LogP contribution in [0.3, 0.4) is 0 Å². The lowest BCUT2D eigenvalue weighted by atomic mass is 9.86. The van der Waals surface area contributed by atoms with E-state index in [9.17, 15) is 9.18 Å². The molecule has 0 saturated heterocycles. The molecule has 2 N–H and O–H groups in total. The highest BCUT2D eigenvalue weighted by atomic mass is 19.1. The molecule has 4 heteroatoms. The minimum absolute atomic E-state index is 0.0375. The van der Waals surface area contributed by atoms with Gasteiger partial charge in [-0.1, -0.05) is 6.42 Å². The van der Waals surface area contributed by atoms with Gasteiger partial charge in [-0.15, -0.1) is 0 Å². The number of anilines is 1. The quantitative estimate of drug-likeness (QED) is 0.632. The van der Waals surface area contributed by atoms with Crippen LogP contribution in [0.25, 0.3) is 0 Å². The van der Waals surface area contributed by atoms with Crippen molar-refractivity contribution in [3.63, 3.8) is 0 Å². The first-order valence-corrected chi connectivity index (χ1v) is 5.39. The van der Waals surface area contributed by atoms with Crippen molar-refractivity contribution >= 4 is 11.7 Å². The summed E-state index contributed by atoms with van der Waals surface area (Å²) in [5.74, 6) is -0.577. The van der Waals surface area contributed by atoms with E-state index in [2.05, 4.69) is 0 Å². The number of nitrogen functional groups attached to an aromatic ring is 1. The minimum atomic E-state index is -0.585. The van der Waals surface area contributed by atoms with Crippen LogP contribution in [0.15, 0.2) is 18.2 Å². The van der Waals surface area contributed by atoms with Gasteiger partial charge >= 0.3 is 5.97 Å². The Labute approximate surface area is 93.4 Å². The van der Waals surface area contributed by atoms with Crippen molar-refractivity contribution in [1.82, 2.24) is 0 Å². The van der Waals surface area contributed by atoms with E-state index in [0.29, 0.717) is 12.5 Å². The molecule has 0 radical (unpaired) electrons. The molecule has 0 heterocycles. The Balaban J connectivity index is 1.94. The Morgan fingerprint density at radius 3 is 2.81 bits per heavy atom. The predicted molar refractivity (Wildman–Crippen MR) is 58.4 cm³/mol. The highest BCUT2D eigenvalue weighted by Gasteiger charge is 2.19. The summed E-state index contributed by atoms with van der Waals surface area (Å²) >= 11 is 0. The van der Waals surface area contributed by atoms with Crippen molar-refractivity contribution in [2.24, 2.45) is 5.92 Å². The number of hydrogen-bond donors (Lipinski definition) is 1. The van der Waals surface area contributed by atoms with Gasteiger partial charge in [0.2, 0.25) is 0 Å². The number of halogens is 1. The molecule has 0 amide bonds. The number of ether oxygens (including phenoxy) is 1. The molecule has 0 aromatic heterocycles. The molecule has 0 bridgehead atoms. The van der Waals surface area contributed by atoms with E-state index >= 15 is 0 Å². The van der Waals surface area contributed by atoms with Crippen LogP contribution in [0.2, 0.25) is 0 Å². The van der Waals surface area contributed by atoms with Crippen LogP contribution >= 0.6 is 0 Å². The van der Waals surface area contributed by atoms with E-state index in [1.165, 1.54) is 18.6 Å². The number of carbonyl (C=O) groups is 1. The second-order valence-corrected chi connectivity index (χ2v) is 4.13. The van der Waals surface area contributed by atoms with Gasteiger partial charge in [-0.05, 0) is 37.0 Å². The topological polar surface area (TPSA) is 52.3 Å². The molecule has 3 nitrogen and oxygen atoms in total. The van der Waals surface area contributed by atoms with E-state index in [1.54, 1.807) is 0 Å². The highest BCUT2D eigenvalue weighted by molar-refractivity contribution is 5.89. The van der Waals surface area contributed by atoms with Gasteiger partial charge < -0.3 is 10.5 Å². The third-order valence-corrected chi connectivity index (χ3v) is 2.91. The van der Waals surface area contributed by atoms with Gasteiger partial charge in [-0.3, -0.25) is 0 Å². The molecular weight excluding hydrogens is 209 g/mol. The van der Waals surface area contributed by atoms with E-state index in [-0.39, 0.29) is 11.3 Å².